The van der Waals surface area contributed by atoms with Crippen molar-refractivity contribution in [3.05, 3.63) is 48.4 Å². The first-order valence-corrected chi connectivity index (χ1v) is 4.95. The number of carbonyl (C=O) groups excluding carboxylic acids is 1. The van der Waals surface area contributed by atoms with Crippen molar-refractivity contribution in [2.75, 3.05) is 0 Å². The average Bonchev–Trinajstić information content (AvgIpc) is 2.97. The van der Waals surface area contributed by atoms with E-state index in [1.807, 2.05) is 30.5 Å². The van der Waals surface area contributed by atoms with Crippen LogP contribution in [0, 0.1) is 0 Å². The number of hydrogen-bond donors (Lipinski definition) is 1. The molecule has 16 heavy (non-hydrogen) atoms. The van der Waals surface area contributed by atoms with E-state index in [9.17, 15) is 4.79 Å². The van der Waals surface area contributed by atoms with E-state index < -0.39 is 0 Å². The fourth-order valence-corrected chi connectivity index (χ4v) is 1.79. The first-order valence-electron chi connectivity index (χ1n) is 4.95. The van der Waals surface area contributed by atoms with Crippen LogP contribution >= 0.6 is 0 Å². The van der Waals surface area contributed by atoms with E-state index >= 15 is 0 Å². The Morgan fingerprint density at radius 3 is 3.06 bits per heavy atom. The predicted octanol–water partition coefficient (Wildman–Crippen LogP) is 2.17. The lowest BCUT2D eigenvalue weighted by atomic mass is 10.2. The summed E-state index contributed by atoms with van der Waals surface area (Å²) < 4.78 is 1.76. The van der Waals surface area contributed by atoms with Gasteiger partial charge in [0.1, 0.15) is 0 Å². The zero-order valence-electron chi connectivity index (χ0n) is 8.42. The number of rotatable bonds is 2. The minimum absolute atomic E-state index is 0.670. The van der Waals surface area contributed by atoms with Gasteiger partial charge in [0.2, 0.25) is 0 Å². The van der Waals surface area contributed by atoms with Crippen LogP contribution in [0.4, 0.5) is 0 Å². The van der Waals surface area contributed by atoms with Crippen LogP contribution in [0.3, 0.4) is 0 Å². The molecule has 78 valence electrons. The lowest BCUT2D eigenvalue weighted by Crippen LogP contribution is -1.93. The molecule has 0 atom stereocenters. The van der Waals surface area contributed by atoms with E-state index in [1.165, 1.54) is 0 Å². The van der Waals surface area contributed by atoms with Gasteiger partial charge in [-0.1, -0.05) is 0 Å². The summed E-state index contributed by atoms with van der Waals surface area (Å²) in [7, 11) is 0. The normalized spacial score (nSPS) is 10.8. The fourth-order valence-electron chi connectivity index (χ4n) is 1.79. The molecule has 0 bridgehead atoms. The third kappa shape index (κ3) is 1.24. The monoisotopic (exact) mass is 211 g/mol. The molecule has 2 aromatic heterocycles. The molecule has 0 amide bonds. The van der Waals surface area contributed by atoms with Gasteiger partial charge in [0.05, 0.1) is 5.69 Å². The highest BCUT2D eigenvalue weighted by Crippen LogP contribution is 2.20. The lowest BCUT2D eigenvalue weighted by molar-refractivity contribution is 0.112. The number of H-pyrrole nitrogens is 1. The second kappa shape index (κ2) is 3.34. The molecule has 0 spiro atoms. The van der Waals surface area contributed by atoms with Gasteiger partial charge < -0.3 is 4.98 Å². The van der Waals surface area contributed by atoms with Gasteiger partial charge in [0, 0.05) is 35.1 Å². The zero-order chi connectivity index (χ0) is 11.0. The van der Waals surface area contributed by atoms with Crippen LogP contribution in [0.1, 0.15) is 10.4 Å². The molecule has 0 aliphatic carbocycles. The van der Waals surface area contributed by atoms with Gasteiger partial charge in [-0.15, -0.1) is 0 Å². The maximum atomic E-state index is 10.8. The van der Waals surface area contributed by atoms with E-state index in [0.29, 0.717) is 5.56 Å². The zero-order valence-corrected chi connectivity index (χ0v) is 8.42. The summed E-state index contributed by atoms with van der Waals surface area (Å²) >= 11 is 0. The Kier molecular flexibility index (Phi) is 1.86. The number of hydrogen-bond acceptors (Lipinski definition) is 2. The molecule has 4 nitrogen and oxygen atoms in total. The summed E-state index contributed by atoms with van der Waals surface area (Å²) in [5, 5.41) is 5.07. The minimum atomic E-state index is 0.670. The van der Waals surface area contributed by atoms with Crippen molar-refractivity contribution in [2.24, 2.45) is 0 Å². The molecule has 0 aliphatic heterocycles. The van der Waals surface area contributed by atoms with E-state index in [1.54, 1.807) is 17.1 Å². The molecule has 4 heteroatoms. The van der Waals surface area contributed by atoms with Crippen molar-refractivity contribution in [1.29, 1.82) is 0 Å². The molecule has 0 aliphatic rings. The molecule has 0 fully saturated rings. The maximum absolute atomic E-state index is 10.8. The van der Waals surface area contributed by atoms with Gasteiger partial charge >= 0.3 is 0 Å². The number of nitrogens with zero attached hydrogens (tertiary/aromatic N) is 2. The van der Waals surface area contributed by atoms with E-state index in [-0.39, 0.29) is 0 Å². The van der Waals surface area contributed by atoms with Crippen LogP contribution in [0.5, 0.6) is 0 Å². The number of benzene rings is 1. The Bertz CT molecular complexity index is 637. The van der Waals surface area contributed by atoms with Crippen molar-refractivity contribution in [3.63, 3.8) is 0 Å². The molecule has 0 saturated heterocycles. The van der Waals surface area contributed by atoms with Crippen LogP contribution < -0.4 is 0 Å². The van der Waals surface area contributed by atoms with Crippen LogP contribution in [-0.4, -0.2) is 21.1 Å². The molecule has 0 unspecified atom stereocenters. The van der Waals surface area contributed by atoms with Crippen molar-refractivity contribution in [2.45, 2.75) is 0 Å². The van der Waals surface area contributed by atoms with Crippen LogP contribution in [0.25, 0.3) is 16.6 Å². The van der Waals surface area contributed by atoms with Crippen molar-refractivity contribution < 1.29 is 4.79 Å². The molecule has 3 aromatic rings. The van der Waals surface area contributed by atoms with Crippen molar-refractivity contribution in [3.8, 4) is 5.69 Å². The molecule has 2 heterocycles. The smallest absolute Gasteiger partial charge is 0.152 e. The number of aromatic amines is 1. The SMILES string of the molecule is O=Cc1c[nH]c2ccc(-n3cccn3)cc12. The van der Waals surface area contributed by atoms with Crippen molar-refractivity contribution in [1.82, 2.24) is 14.8 Å². The molecule has 1 N–H and O–H groups in total. The topological polar surface area (TPSA) is 50.7 Å². The number of aromatic nitrogens is 3. The van der Waals surface area contributed by atoms with E-state index in [4.69, 9.17) is 0 Å². The maximum Gasteiger partial charge on any atom is 0.152 e. The van der Waals surface area contributed by atoms with Crippen molar-refractivity contribution >= 4 is 17.2 Å². The summed E-state index contributed by atoms with van der Waals surface area (Å²) in [6, 6.07) is 7.71. The van der Waals surface area contributed by atoms with Gasteiger partial charge in [-0.3, -0.25) is 4.79 Å². The summed E-state index contributed by atoms with van der Waals surface area (Å²) in [6.45, 7) is 0. The molecular weight excluding hydrogens is 202 g/mol. The molecule has 0 radical (unpaired) electrons. The number of carbonyl (C=O) groups is 1. The second-order valence-corrected chi connectivity index (χ2v) is 3.54. The summed E-state index contributed by atoms with van der Waals surface area (Å²) in [5.41, 5.74) is 2.57. The van der Waals surface area contributed by atoms with Crippen LogP contribution in [0.2, 0.25) is 0 Å². The van der Waals surface area contributed by atoms with Crippen LogP contribution in [0.15, 0.2) is 42.9 Å². The summed E-state index contributed by atoms with van der Waals surface area (Å²) in [5.74, 6) is 0. The highest BCUT2D eigenvalue weighted by Gasteiger charge is 2.04. The summed E-state index contributed by atoms with van der Waals surface area (Å²) in [4.78, 5) is 13.9. The first kappa shape index (κ1) is 8.91. The van der Waals surface area contributed by atoms with Gasteiger partial charge in [-0.25, -0.2) is 4.68 Å². The average molecular weight is 211 g/mol. The fraction of sp³-hybridized carbons (Fsp3) is 0. The van der Waals surface area contributed by atoms with Gasteiger partial charge in [-0.05, 0) is 24.3 Å². The van der Waals surface area contributed by atoms with Gasteiger partial charge in [0.15, 0.2) is 6.29 Å². The molecule has 3 rings (SSSR count). The number of fused-ring (bicyclic) bond motifs is 1. The molecule has 1 aromatic carbocycles. The quantitative estimate of drug-likeness (QED) is 0.660. The van der Waals surface area contributed by atoms with E-state index in [0.717, 1.165) is 22.9 Å². The Labute approximate surface area is 91.5 Å². The lowest BCUT2D eigenvalue weighted by Gasteiger charge is -2.01. The van der Waals surface area contributed by atoms with Crippen LogP contribution in [-0.2, 0) is 0 Å². The highest BCUT2D eigenvalue weighted by molar-refractivity contribution is 5.97. The largest absolute Gasteiger partial charge is 0.360 e. The summed E-state index contributed by atoms with van der Waals surface area (Å²) in [6.07, 6.45) is 6.16. The number of nitrogens with one attached hydrogen (secondary N) is 1. The van der Waals surface area contributed by atoms with Gasteiger partial charge in [0.25, 0.3) is 0 Å². The highest BCUT2D eigenvalue weighted by atomic mass is 16.1. The Morgan fingerprint density at radius 2 is 2.31 bits per heavy atom. The molecule has 0 saturated carbocycles. The second-order valence-electron chi connectivity index (χ2n) is 3.54. The predicted molar refractivity (Wildman–Crippen MR) is 60.8 cm³/mol. The standard InChI is InChI=1S/C12H9N3O/c16-8-9-7-13-12-3-2-10(6-11(9)12)15-5-1-4-14-15/h1-8,13H. The molecular formula is C12H9N3O. The van der Waals surface area contributed by atoms with Gasteiger partial charge in [-0.2, -0.15) is 5.10 Å². The first-order chi connectivity index (χ1) is 7.88. The third-order valence-electron chi connectivity index (χ3n) is 2.59. The number of aldehydes is 1. The Morgan fingerprint density at radius 1 is 1.38 bits per heavy atom. The van der Waals surface area contributed by atoms with E-state index in [2.05, 4.69) is 10.1 Å². The minimum Gasteiger partial charge on any atom is -0.360 e. The Hall–Kier alpha value is -2.36. The Balaban J connectivity index is 2.25. The third-order valence-corrected chi connectivity index (χ3v) is 2.59.